The number of amides is 1. The number of methoxy groups -OCH3 is 1. The van der Waals surface area contributed by atoms with Gasteiger partial charge in [-0.1, -0.05) is 24.3 Å². The van der Waals surface area contributed by atoms with Gasteiger partial charge in [0, 0.05) is 49.0 Å². The third-order valence-corrected chi connectivity index (χ3v) is 5.64. The van der Waals surface area contributed by atoms with Gasteiger partial charge in [-0.05, 0) is 58.7 Å². The van der Waals surface area contributed by atoms with Crippen LogP contribution in [0.5, 0.6) is 5.75 Å². The first-order chi connectivity index (χ1) is 13.7. The van der Waals surface area contributed by atoms with E-state index >= 15 is 0 Å². The maximum Gasteiger partial charge on any atom is 0.209 e. The van der Waals surface area contributed by atoms with Crippen LogP contribution in [0.1, 0.15) is 34.6 Å². The predicted octanol–water partition coefficient (Wildman–Crippen LogP) is 4.84. The van der Waals surface area contributed by atoms with Gasteiger partial charge in [-0.25, -0.2) is 4.31 Å². The summed E-state index contributed by atoms with van der Waals surface area (Å²) in [5.41, 5.74) is 0.0417. The molecule has 1 aliphatic heterocycles. The maximum atomic E-state index is 10.8. The van der Waals surface area contributed by atoms with Crippen molar-refractivity contribution in [3.8, 4) is 5.75 Å². The molecule has 0 bridgehead atoms. The van der Waals surface area contributed by atoms with E-state index in [1.54, 1.807) is 19.1 Å². The van der Waals surface area contributed by atoms with E-state index in [1.807, 2.05) is 45.6 Å². The molecule has 1 heterocycles. The van der Waals surface area contributed by atoms with Crippen molar-refractivity contribution in [1.82, 2.24) is 9.21 Å². The van der Waals surface area contributed by atoms with Crippen LogP contribution in [0.2, 0.25) is 0 Å². The van der Waals surface area contributed by atoms with Gasteiger partial charge in [0.05, 0.1) is 11.7 Å². The van der Waals surface area contributed by atoms with Gasteiger partial charge in [0.2, 0.25) is 6.41 Å². The van der Waals surface area contributed by atoms with E-state index in [0.717, 1.165) is 43.7 Å². The molecule has 29 heavy (non-hydrogen) atoms. The first-order valence-corrected chi connectivity index (χ1v) is 10.9. The van der Waals surface area contributed by atoms with Crippen molar-refractivity contribution in [2.45, 2.75) is 51.2 Å². The molecule has 0 aliphatic carbocycles. The lowest BCUT2D eigenvalue weighted by atomic mass is 10.1. The van der Waals surface area contributed by atoms with Gasteiger partial charge in [0.1, 0.15) is 5.75 Å². The highest BCUT2D eigenvalue weighted by molar-refractivity contribution is 7.97. The van der Waals surface area contributed by atoms with Crippen LogP contribution in [0, 0.1) is 0 Å². The van der Waals surface area contributed by atoms with Crippen molar-refractivity contribution in [2.24, 2.45) is 0 Å². The molecule has 0 radical (unpaired) electrons. The van der Waals surface area contributed by atoms with Crippen LogP contribution in [0.25, 0.3) is 10.8 Å². The topological polar surface area (TPSA) is 42.0 Å². The van der Waals surface area contributed by atoms with E-state index in [9.17, 15) is 4.79 Å². The Labute approximate surface area is 179 Å². The Morgan fingerprint density at radius 1 is 1.00 bits per heavy atom. The molecule has 6 heteroatoms. The number of benzene rings is 2. The zero-order chi connectivity index (χ0) is 21.4. The number of ether oxygens (including phenoxy) is 2. The molecule has 0 atom stereocenters. The quantitative estimate of drug-likeness (QED) is 0.513. The van der Waals surface area contributed by atoms with E-state index in [1.165, 1.54) is 10.3 Å². The Balaban J connectivity index is 0.000000438. The number of rotatable bonds is 5. The smallest absolute Gasteiger partial charge is 0.209 e. The summed E-state index contributed by atoms with van der Waals surface area (Å²) < 4.78 is 13.2. The van der Waals surface area contributed by atoms with Gasteiger partial charge in [-0.2, -0.15) is 0 Å². The second kappa shape index (κ2) is 10.9. The predicted molar refractivity (Wildman–Crippen MR) is 122 cm³/mol. The van der Waals surface area contributed by atoms with Gasteiger partial charge < -0.3 is 14.4 Å². The monoisotopic (exact) mass is 418 g/mol. The first kappa shape index (κ1) is 23.5. The summed E-state index contributed by atoms with van der Waals surface area (Å²) in [4.78, 5) is 13.9. The van der Waals surface area contributed by atoms with Crippen LogP contribution < -0.4 is 4.74 Å². The van der Waals surface area contributed by atoms with Gasteiger partial charge in [0.15, 0.2) is 0 Å². The molecule has 1 saturated heterocycles. The van der Waals surface area contributed by atoms with Gasteiger partial charge in [-0.15, -0.1) is 0 Å². The third kappa shape index (κ3) is 7.53. The van der Waals surface area contributed by atoms with Crippen LogP contribution >= 0.6 is 11.9 Å². The molecule has 0 spiro atoms. The molecule has 0 unspecified atom stereocenters. The minimum Gasteiger partial charge on any atom is -0.490 e. The first-order valence-electron chi connectivity index (χ1n) is 10.1. The van der Waals surface area contributed by atoms with E-state index in [4.69, 9.17) is 9.47 Å². The summed E-state index contributed by atoms with van der Waals surface area (Å²) in [6.45, 7) is 13.5. The normalized spacial score (nSPS) is 15.2. The summed E-state index contributed by atoms with van der Waals surface area (Å²) in [7, 11) is 1.71. The van der Waals surface area contributed by atoms with Gasteiger partial charge in [0.25, 0.3) is 0 Å². The Morgan fingerprint density at radius 2 is 1.59 bits per heavy atom. The van der Waals surface area contributed by atoms with Crippen molar-refractivity contribution in [2.75, 3.05) is 33.3 Å². The molecule has 2 aromatic carbocycles. The molecular formula is C23H34N2O3S. The fourth-order valence-electron chi connectivity index (χ4n) is 2.73. The zero-order valence-corrected chi connectivity index (χ0v) is 19.3. The number of carbonyl (C=O) groups excluding carboxylic acids is 1. The molecule has 1 aliphatic rings. The van der Waals surface area contributed by atoms with Crippen LogP contribution in [0.4, 0.5) is 0 Å². The lowest BCUT2D eigenvalue weighted by molar-refractivity contribution is -0.119. The highest BCUT2D eigenvalue weighted by atomic mass is 32.2. The molecule has 160 valence electrons. The SMILES string of the molecule is CC(C)Oc1cccc2c(SN3CCN(C=O)CC3)cccc12.COC(C)(C)C. The molecular weight excluding hydrogens is 384 g/mol. The Kier molecular flexibility index (Phi) is 8.80. The second-order valence-electron chi connectivity index (χ2n) is 8.25. The van der Waals surface area contributed by atoms with E-state index < -0.39 is 0 Å². The number of carbonyl (C=O) groups is 1. The third-order valence-electron chi connectivity index (χ3n) is 4.47. The molecule has 1 fully saturated rings. The molecule has 2 aromatic rings. The highest BCUT2D eigenvalue weighted by Crippen LogP contribution is 2.35. The number of fused-ring (bicyclic) bond motifs is 1. The minimum atomic E-state index is 0.0417. The van der Waals surface area contributed by atoms with Crippen molar-refractivity contribution in [3.05, 3.63) is 36.4 Å². The Morgan fingerprint density at radius 3 is 2.14 bits per heavy atom. The summed E-state index contributed by atoms with van der Waals surface area (Å²) in [5, 5.41) is 2.37. The maximum absolute atomic E-state index is 10.8. The molecule has 5 nitrogen and oxygen atoms in total. The average molecular weight is 419 g/mol. The molecule has 0 N–H and O–H groups in total. The fraction of sp³-hybridized carbons (Fsp3) is 0.522. The van der Waals surface area contributed by atoms with Crippen LogP contribution in [0.15, 0.2) is 41.3 Å². The molecule has 1 amide bonds. The Bertz CT molecular complexity index is 781. The highest BCUT2D eigenvalue weighted by Gasteiger charge is 2.17. The minimum absolute atomic E-state index is 0.0417. The standard InChI is InChI=1S/C18H22N2O2S.C5H12O/c1-14(2)22-17-7-3-6-16-15(17)5-4-8-18(16)23-20-11-9-19(13-21)10-12-20;1-5(2,3)6-4/h3-8,13-14H,9-12H2,1-2H3;1-4H3. The van der Waals surface area contributed by atoms with E-state index in [-0.39, 0.29) is 11.7 Å². The van der Waals surface area contributed by atoms with Crippen molar-refractivity contribution < 1.29 is 14.3 Å². The summed E-state index contributed by atoms with van der Waals surface area (Å²) in [6, 6.07) is 12.6. The number of hydrogen-bond donors (Lipinski definition) is 0. The Hall–Kier alpha value is -1.76. The summed E-state index contributed by atoms with van der Waals surface area (Å²) >= 11 is 1.77. The van der Waals surface area contributed by atoms with Crippen molar-refractivity contribution in [3.63, 3.8) is 0 Å². The van der Waals surface area contributed by atoms with Crippen molar-refractivity contribution >= 4 is 29.1 Å². The largest absolute Gasteiger partial charge is 0.490 e. The van der Waals surface area contributed by atoms with Gasteiger partial charge >= 0.3 is 0 Å². The number of piperazine rings is 1. The van der Waals surface area contributed by atoms with E-state index in [2.05, 4.69) is 34.6 Å². The molecule has 0 aromatic heterocycles. The lowest BCUT2D eigenvalue weighted by Gasteiger charge is -2.31. The number of hydrogen-bond acceptors (Lipinski definition) is 5. The second-order valence-corrected chi connectivity index (χ2v) is 9.39. The summed E-state index contributed by atoms with van der Waals surface area (Å²) in [5.74, 6) is 0.936. The van der Waals surface area contributed by atoms with Crippen LogP contribution in [-0.2, 0) is 9.53 Å². The lowest BCUT2D eigenvalue weighted by Crippen LogP contribution is -2.42. The summed E-state index contributed by atoms with van der Waals surface area (Å²) in [6.07, 6.45) is 1.10. The average Bonchev–Trinajstić information content (AvgIpc) is 2.69. The van der Waals surface area contributed by atoms with Crippen LogP contribution in [-0.4, -0.2) is 60.6 Å². The van der Waals surface area contributed by atoms with Gasteiger partial charge in [-0.3, -0.25) is 4.79 Å². The molecule has 0 saturated carbocycles. The zero-order valence-electron chi connectivity index (χ0n) is 18.5. The van der Waals surface area contributed by atoms with Crippen LogP contribution in [0.3, 0.4) is 0 Å². The van der Waals surface area contributed by atoms with E-state index in [0.29, 0.717) is 0 Å². The fourth-order valence-corrected chi connectivity index (χ4v) is 3.77. The van der Waals surface area contributed by atoms with Crippen molar-refractivity contribution in [1.29, 1.82) is 0 Å². The molecule has 3 rings (SSSR count). The number of nitrogens with zero attached hydrogens (tertiary/aromatic N) is 2.